The summed E-state index contributed by atoms with van der Waals surface area (Å²) in [6.07, 6.45) is 1.46. The van der Waals surface area contributed by atoms with Gasteiger partial charge in [-0.3, -0.25) is 4.79 Å². The number of benzene rings is 1. The molecule has 1 amide bonds. The molecule has 0 radical (unpaired) electrons. The van der Waals surface area contributed by atoms with E-state index in [1.807, 2.05) is 37.3 Å². The number of rotatable bonds is 4. The molecule has 3 rings (SSSR count). The zero-order valence-electron chi connectivity index (χ0n) is 12.9. The Morgan fingerprint density at radius 3 is 2.83 bits per heavy atom. The summed E-state index contributed by atoms with van der Waals surface area (Å²) in [6.45, 7) is 2.63. The van der Waals surface area contributed by atoms with E-state index in [1.165, 1.54) is 11.3 Å². The number of esters is 1. The van der Waals surface area contributed by atoms with Crippen molar-refractivity contribution < 1.29 is 14.3 Å². The van der Waals surface area contributed by atoms with Crippen molar-refractivity contribution in [2.45, 2.75) is 32.4 Å². The molecule has 23 heavy (non-hydrogen) atoms. The minimum Gasteiger partial charge on any atom is -0.459 e. The van der Waals surface area contributed by atoms with Crippen LogP contribution in [0.15, 0.2) is 35.8 Å². The molecule has 0 N–H and O–H groups in total. The maximum absolute atomic E-state index is 12.6. The molecular formula is C17H18N2O3S. The Balaban J connectivity index is 1.65. The van der Waals surface area contributed by atoms with Crippen molar-refractivity contribution in [2.24, 2.45) is 0 Å². The summed E-state index contributed by atoms with van der Waals surface area (Å²) < 4.78 is 5.39. The third kappa shape index (κ3) is 3.42. The number of hydrogen-bond acceptors (Lipinski definition) is 5. The molecule has 1 atom stereocenters. The third-order valence-electron chi connectivity index (χ3n) is 3.95. The van der Waals surface area contributed by atoms with Gasteiger partial charge in [-0.2, -0.15) is 0 Å². The first-order chi connectivity index (χ1) is 11.2. The summed E-state index contributed by atoms with van der Waals surface area (Å²) in [5, 5.41) is 0. The van der Waals surface area contributed by atoms with Crippen molar-refractivity contribution in [3.05, 3.63) is 52.0 Å². The molecule has 6 heteroatoms. The topological polar surface area (TPSA) is 59.5 Å². The van der Waals surface area contributed by atoms with Gasteiger partial charge in [-0.15, -0.1) is 11.3 Å². The van der Waals surface area contributed by atoms with Gasteiger partial charge in [0, 0.05) is 6.54 Å². The lowest BCUT2D eigenvalue weighted by Crippen LogP contribution is -2.41. The molecule has 1 aliphatic rings. The fourth-order valence-electron chi connectivity index (χ4n) is 2.72. The van der Waals surface area contributed by atoms with Gasteiger partial charge in [-0.25, -0.2) is 9.78 Å². The van der Waals surface area contributed by atoms with Crippen LogP contribution in [0.2, 0.25) is 0 Å². The lowest BCUT2D eigenvalue weighted by atomic mass is 10.2. The molecule has 1 aromatic carbocycles. The second kappa shape index (κ2) is 6.91. The molecule has 5 nitrogen and oxygen atoms in total. The van der Waals surface area contributed by atoms with Crippen LogP contribution in [0.4, 0.5) is 0 Å². The van der Waals surface area contributed by atoms with Crippen molar-refractivity contribution in [1.29, 1.82) is 0 Å². The van der Waals surface area contributed by atoms with Crippen LogP contribution in [0.5, 0.6) is 0 Å². The smallest absolute Gasteiger partial charge is 0.329 e. The van der Waals surface area contributed by atoms with E-state index < -0.39 is 6.04 Å². The molecule has 1 fully saturated rings. The lowest BCUT2D eigenvalue weighted by Gasteiger charge is -2.22. The monoisotopic (exact) mass is 330 g/mol. The van der Waals surface area contributed by atoms with E-state index >= 15 is 0 Å². The van der Waals surface area contributed by atoms with E-state index in [4.69, 9.17) is 4.74 Å². The van der Waals surface area contributed by atoms with Gasteiger partial charge >= 0.3 is 5.97 Å². The molecular weight excluding hydrogens is 312 g/mol. The summed E-state index contributed by atoms with van der Waals surface area (Å²) in [5.41, 5.74) is 3.31. The van der Waals surface area contributed by atoms with Crippen LogP contribution in [0.25, 0.3) is 0 Å². The van der Waals surface area contributed by atoms with Crippen LogP contribution in [0.1, 0.15) is 33.8 Å². The molecule has 1 saturated heterocycles. The standard InChI is InChI=1S/C17H18N2O3S/c1-12-15(23-11-18-12)16(20)19-9-5-8-14(19)17(21)22-10-13-6-3-2-4-7-13/h2-4,6-7,11,14H,5,8-10H2,1H3/t14-/m1/s1. The van der Waals surface area contributed by atoms with Crippen molar-refractivity contribution in [3.8, 4) is 0 Å². The van der Waals surface area contributed by atoms with E-state index in [0.717, 1.165) is 12.0 Å². The lowest BCUT2D eigenvalue weighted by molar-refractivity contribution is -0.149. The molecule has 120 valence electrons. The zero-order chi connectivity index (χ0) is 16.2. The van der Waals surface area contributed by atoms with Crippen LogP contribution in [-0.2, 0) is 16.1 Å². The Bertz CT molecular complexity index is 699. The number of likely N-dealkylation sites (tertiary alicyclic amines) is 1. The van der Waals surface area contributed by atoms with Gasteiger partial charge in [-0.05, 0) is 25.3 Å². The van der Waals surface area contributed by atoms with Gasteiger partial charge in [0.25, 0.3) is 5.91 Å². The summed E-state index contributed by atoms with van der Waals surface area (Å²) in [6, 6.07) is 9.05. The number of amides is 1. The molecule has 0 saturated carbocycles. The fourth-order valence-corrected chi connectivity index (χ4v) is 3.47. The number of nitrogens with zero attached hydrogens (tertiary/aromatic N) is 2. The zero-order valence-corrected chi connectivity index (χ0v) is 13.7. The average molecular weight is 330 g/mol. The van der Waals surface area contributed by atoms with E-state index in [9.17, 15) is 9.59 Å². The molecule has 1 aliphatic heterocycles. The Labute approximate surface area is 138 Å². The minimum atomic E-state index is -0.493. The molecule has 0 unspecified atom stereocenters. The number of aryl methyl sites for hydroxylation is 1. The highest BCUT2D eigenvalue weighted by molar-refractivity contribution is 7.11. The summed E-state index contributed by atoms with van der Waals surface area (Å²) in [5.74, 6) is -0.453. The van der Waals surface area contributed by atoms with E-state index in [0.29, 0.717) is 23.5 Å². The molecule has 0 spiro atoms. The molecule has 2 aromatic rings. The number of ether oxygens (including phenoxy) is 1. The van der Waals surface area contributed by atoms with Gasteiger partial charge in [0.1, 0.15) is 17.5 Å². The first-order valence-corrected chi connectivity index (χ1v) is 8.46. The SMILES string of the molecule is Cc1ncsc1C(=O)N1CCC[C@@H]1C(=O)OCc1ccccc1. The van der Waals surface area contributed by atoms with Crippen LogP contribution in [0, 0.1) is 6.92 Å². The Kier molecular flexibility index (Phi) is 4.71. The first kappa shape index (κ1) is 15.7. The maximum Gasteiger partial charge on any atom is 0.329 e. The highest BCUT2D eigenvalue weighted by Gasteiger charge is 2.36. The second-order valence-electron chi connectivity index (χ2n) is 5.52. The Morgan fingerprint density at radius 2 is 2.13 bits per heavy atom. The maximum atomic E-state index is 12.6. The minimum absolute atomic E-state index is 0.121. The first-order valence-electron chi connectivity index (χ1n) is 7.58. The van der Waals surface area contributed by atoms with E-state index in [-0.39, 0.29) is 18.5 Å². The van der Waals surface area contributed by atoms with Gasteiger partial charge in [0.15, 0.2) is 0 Å². The summed E-state index contributed by atoms with van der Waals surface area (Å²) >= 11 is 1.31. The van der Waals surface area contributed by atoms with Crippen molar-refractivity contribution in [1.82, 2.24) is 9.88 Å². The van der Waals surface area contributed by atoms with E-state index in [1.54, 1.807) is 10.4 Å². The number of carbonyl (C=O) groups is 2. The number of thiazole rings is 1. The molecule has 2 heterocycles. The van der Waals surface area contributed by atoms with Gasteiger partial charge < -0.3 is 9.64 Å². The third-order valence-corrected chi connectivity index (χ3v) is 4.87. The largest absolute Gasteiger partial charge is 0.459 e. The quantitative estimate of drug-likeness (QED) is 0.809. The van der Waals surface area contributed by atoms with Gasteiger partial charge in [0.2, 0.25) is 0 Å². The van der Waals surface area contributed by atoms with Crippen LogP contribution < -0.4 is 0 Å². The summed E-state index contributed by atoms with van der Waals surface area (Å²) in [4.78, 5) is 31.3. The molecule has 0 aliphatic carbocycles. The number of aromatic nitrogens is 1. The average Bonchev–Trinajstić information content (AvgIpc) is 3.22. The van der Waals surface area contributed by atoms with E-state index in [2.05, 4.69) is 4.98 Å². The highest BCUT2D eigenvalue weighted by Crippen LogP contribution is 2.24. The molecule has 1 aromatic heterocycles. The van der Waals surface area contributed by atoms with Crippen LogP contribution in [0.3, 0.4) is 0 Å². The van der Waals surface area contributed by atoms with Gasteiger partial charge in [-0.1, -0.05) is 30.3 Å². The Morgan fingerprint density at radius 1 is 1.35 bits per heavy atom. The van der Waals surface area contributed by atoms with Crippen molar-refractivity contribution in [2.75, 3.05) is 6.54 Å². The predicted octanol–water partition coefficient (Wildman–Crippen LogP) is 2.80. The van der Waals surface area contributed by atoms with Crippen molar-refractivity contribution >= 4 is 23.2 Å². The molecule has 0 bridgehead atoms. The van der Waals surface area contributed by atoms with Gasteiger partial charge in [0.05, 0.1) is 11.2 Å². The van der Waals surface area contributed by atoms with Crippen molar-refractivity contribution in [3.63, 3.8) is 0 Å². The number of hydrogen-bond donors (Lipinski definition) is 0. The second-order valence-corrected chi connectivity index (χ2v) is 6.37. The number of carbonyl (C=O) groups excluding carboxylic acids is 2. The van der Waals surface area contributed by atoms with Crippen LogP contribution >= 0.6 is 11.3 Å². The fraction of sp³-hybridized carbons (Fsp3) is 0.353. The Hall–Kier alpha value is -2.21. The predicted molar refractivity (Wildman–Crippen MR) is 87.1 cm³/mol. The summed E-state index contributed by atoms with van der Waals surface area (Å²) in [7, 11) is 0. The normalized spacial score (nSPS) is 17.3. The highest BCUT2D eigenvalue weighted by atomic mass is 32.1. The van der Waals surface area contributed by atoms with Crippen LogP contribution in [-0.4, -0.2) is 34.3 Å².